The maximum absolute atomic E-state index is 5.90. The number of anilines is 1. The molecule has 0 saturated carbocycles. The predicted octanol–water partition coefficient (Wildman–Crippen LogP) is 3.74. The van der Waals surface area contributed by atoms with E-state index in [1.165, 1.54) is 5.56 Å². The van der Waals surface area contributed by atoms with Crippen LogP contribution in [0.1, 0.15) is 16.8 Å². The van der Waals surface area contributed by atoms with Crippen molar-refractivity contribution in [2.24, 2.45) is 0 Å². The molecule has 0 aliphatic carbocycles. The molecule has 3 heteroatoms. The Hall–Kier alpha value is -1.48. The molecular weight excluding hydrogens is 228 g/mol. The van der Waals surface area contributed by atoms with Crippen molar-refractivity contribution in [3.05, 3.63) is 47.2 Å². The molecule has 2 rings (SSSR count). The third-order valence-electron chi connectivity index (χ3n) is 2.55. The van der Waals surface area contributed by atoms with E-state index in [4.69, 9.17) is 5.73 Å². The number of pyridine rings is 1. The number of aromatic nitrogens is 1. The van der Waals surface area contributed by atoms with Gasteiger partial charge in [0.15, 0.2) is 0 Å². The highest BCUT2D eigenvalue weighted by atomic mass is 32.2. The molecule has 0 radical (unpaired) electrons. The minimum Gasteiger partial charge on any atom is -0.398 e. The zero-order valence-corrected chi connectivity index (χ0v) is 11.1. The van der Waals surface area contributed by atoms with Crippen molar-refractivity contribution in [1.82, 2.24) is 4.98 Å². The van der Waals surface area contributed by atoms with E-state index in [9.17, 15) is 0 Å². The Labute approximate surface area is 106 Å². The first kappa shape index (κ1) is 12.0. The Kier molecular flexibility index (Phi) is 3.38. The smallest absolute Gasteiger partial charge is 0.101 e. The molecule has 0 unspecified atom stereocenters. The van der Waals surface area contributed by atoms with Crippen molar-refractivity contribution in [2.45, 2.75) is 30.7 Å². The minimum absolute atomic E-state index is 0.833. The summed E-state index contributed by atoms with van der Waals surface area (Å²) in [6, 6.07) is 10.3. The van der Waals surface area contributed by atoms with Gasteiger partial charge in [-0.1, -0.05) is 17.8 Å². The fraction of sp³-hybridized carbons (Fsp3) is 0.214. The molecule has 2 aromatic rings. The highest BCUT2D eigenvalue weighted by Gasteiger charge is 2.02. The largest absolute Gasteiger partial charge is 0.398 e. The Morgan fingerprint density at radius 1 is 1.06 bits per heavy atom. The van der Waals surface area contributed by atoms with Crippen LogP contribution < -0.4 is 5.73 Å². The quantitative estimate of drug-likeness (QED) is 0.818. The summed E-state index contributed by atoms with van der Waals surface area (Å²) in [6.45, 7) is 6.11. The van der Waals surface area contributed by atoms with Gasteiger partial charge in [-0.3, -0.25) is 0 Å². The van der Waals surface area contributed by atoms with Crippen LogP contribution in [0.2, 0.25) is 0 Å². The zero-order chi connectivity index (χ0) is 12.4. The predicted molar refractivity (Wildman–Crippen MR) is 73.4 cm³/mol. The van der Waals surface area contributed by atoms with Crippen molar-refractivity contribution in [3.8, 4) is 0 Å². The van der Waals surface area contributed by atoms with Crippen LogP contribution in [-0.4, -0.2) is 4.98 Å². The van der Waals surface area contributed by atoms with E-state index < -0.39 is 0 Å². The van der Waals surface area contributed by atoms with Crippen LogP contribution in [0.25, 0.3) is 0 Å². The summed E-state index contributed by atoms with van der Waals surface area (Å²) in [4.78, 5) is 5.63. The lowest BCUT2D eigenvalue weighted by Crippen LogP contribution is -1.90. The van der Waals surface area contributed by atoms with E-state index in [1.807, 2.05) is 26.0 Å². The molecule has 1 heterocycles. The number of hydrogen-bond acceptors (Lipinski definition) is 3. The van der Waals surface area contributed by atoms with Crippen LogP contribution >= 0.6 is 11.8 Å². The number of aryl methyl sites for hydroxylation is 3. The summed E-state index contributed by atoms with van der Waals surface area (Å²) in [5.74, 6) is 0. The first-order chi connectivity index (χ1) is 8.04. The molecule has 0 saturated heterocycles. The van der Waals surface area contributed by atoms with Gasteiger partial charge in [0.05, 0.1) is 0 Å². The van der Waals surface area contributed by atoms with Crippen molar-refractivity contribution in [3.63, 3.8) is 0 Å². The molecule has 1 aromatic heterocycles. The molecule has 0 amide bonds. The Bertz CT molecular complexity index is 530. The maximum Gasteiger partial charge on any atom is 0.101 e. The van der Waals surface area contributed by atoms with Gasteiger partial charge < -0.3 is 5.73 Å². The van der Waals surface area contributed by atoms with Gasteiger partial charge in [0.2, 0.25) is 0 Å². The number of nitrogen functional groups attached to an aromatic ring is 1. The molecule has 0 bridgehead atoms. The van der Waals surface area contributed by atoms with Crippen molar-refractivity contribution >= 4 is 17.4 Å². The summed E-state index contributed by atoms with van der Waals surface area (Å²) in [7, 11) is 0. The normalized spacial score (nSPS) is 10.5. The van der Waals surface area contributed by atoms with E-state index in [0.717, 1.165) is 26.9 Å². The summed E-state index contributed by atoms with van der Waals surface area (Å²) in [5.41, 5.74) is 10.1. The number of hydrogen-bond donors (Lipinski definition) is 1. The van der Waals surface area contributed by atoms with Gasteiger partial charge in [0.1, 0.15) is 5.03 Å². The average molecular weight is 244 g/mol. The van der Waals surface area contributed by atoms with Crippen molar-refractivity contribution < 1.29 is 0 Å². The average Bonchev–Trinajstić information content (AvgIpc) is 2.22. The molecule has 0 fully saturated rings. The zero-order valence-electron chi connectivity index (χ0n) is 10.3. The topological polar surface area (TPSA) is 38.9 Å². The van der Waals surface area contributed by atoms with E-state index in [2.05, 4.69) is 30.1 Å². The molecular formula is C14H16N2S. The van der Waals surface area contributed by atoms with E-state index >= 15 is 0 Å². The van der Waals surface area contributed by atoms with Gasteiger partial charge >= 0.3 is 0 Å². The lowest BCUT2D eigenvalue weighted by atomic mass is 10.2. The first-order valence-corrected chi connectivity index (χ1v) is 6.35. The summed E-state index contributed by atoms with van der Waals surface area (Å²) >= 11 is 1.65. The third-order valence-corrected chi connectivity index (χ3v) is 3.46. The fourth-order valence-electron chi connectivity index (χ4n) is 1.66. The second kappa shape index (κ2) is 4.80. The molecule has 17 heavy (non-hydrogen) atoms. The summed E-state index contributed by atoms with van der Waals surface area (Å²) in [5, 5.41) is 1.02. The second-order valence-electron chi connectivity index (χ2n) is 4.24. The van der Waals surface area contributed by atoms with Crippen molar-refractivity contribution in [1.29, 1.82) is 0 Å². The van der Waals surface area contributed by atoms with Crippen LogP contribution in [0.3, 0.4) is 0 Å². The van der Waals surface area contributed by atoms with Crippen molar-refractivity contribution in [2.75, 3.05) is 5.73 Å². The molecule has 88 valence electrons. The summed E-state index contributed by atoms with van der Waals surface area (Å²) in [6.07, 6.45) is 0. The van der Waals surface area contributed by atoms with Gasteiger partial charge in [-0.25, -0.2) is 4.98 Å². The highest BCUT2D eigenvalue weighted by molar-refractivity contribution is 7.99. The van der Waals surface area contributed by atoms with E-state index in [-0.39, 0.29) is 0 Å². The molecule has 1 aromatic carbocycles. The van der Waals surface area contributed by atoms with Crippen LogP contribution in [0, 0.1) is 20.8 Å². The maximum atomic E-state index is 5.90. The minimum atomic E-state index is 0.833. The van der Waals surface area contributed by atoms with Gasteiger partial charge in [-0.15, -0.1) is 0 Å². The van der Waals surface area contributed by atoms with E-state index in [1.54, 1.807) is 11.8 Å². The molecule has 0 atom stereocenters. The lowest BCUT2D eigenvalue weighted by molar-refractivity contribution is 1.05. The first-order valence-electron chi connectivity index (χ1n) is 5.54. The number of benzene rings is 1. The van der Waals surface area contributed by atoms with Crippen LogP contribution in [0.4, 0.5) is 5.69 Å². The van der Waals surface area contributed by atoms with Gasteiger partial charge in [-0.2, -0.15) is 0 Å². The molecule has 0 spiro atoms. The Morgan fingerprint density at radius 2 is 1.82 bits per heavy atom. The molecule has 2 nitrogen and oxygen atoms in total. The van der Waals surface area contributed by atoms with E-state index in [0.29, 0.717) is 0 Å². The lowest BCUT2D eigenvalue weighted by Gasteiger charge is -2.06. The van der Waals surface area contributed by atoms with Gasteiger partial charge in [0.25, 0.3) is 0 Å². The Morgan fingerprint density at radius 3 is 2.47 bits per heavy atom. The second-order valence-corrected chi connectivity index (χ2v) is 5.34. The monoisotopic (exact) mass is 244 g/mol. The number of nitrogens with zero attached hydrogens (tertiary/aromatic N) is 1. The van der Waals surface area contributed by atoms with Crippen LogP contribution in [0.5, 0.6) is 0 Å². The standard InChI is InChI=1S/C14H16N2S/c1-9-6-11(3)16-14(7-9)17-12-5-4-10(2)13(15)8-12/h4-8H,15H2,1-3H3. The SMILES string of the molecule is Cc1cc(C)nc(Sc2ccc(C)c(N)c2)c1. The molecule has 2 N–H and O–H groups in total. The Balaban J connectivity index is 2.28. The fourth-order valence-corrected chi connectivity index (χ4v) is 2.66. The molecule has 0 aliphatic rings. The highest BCUT2D eigenvalue weighted by Crippen LogP contribution is 2.29. The van der Waals surface area contributed by atoms with Crippen LogP contribution in [0.15, 0.2) is 40.3 Å². The number of rotatable bonds is 2. The van der Waals surface area contributed by atoms with Gasteiger partial charge in [-0.05, 0) is 56.2 Å². The van der Waals surface area contributed by atoms with Crippen LogP contribution in [-0.2, 0) is 0 Å². The summed E-state index contributed by atoms with van der Waals surface area (Å²) < 4.78 is 0. The van der Waals surface area contributed by atoms with Gasteiger partial charge in [0, 0.05) is 16.3 Å². The number of nitrogens with two attached hydrogens (primary N) is 1. The molecule has 0 aliphatic heterocycles. The third kappa shape index (κ3) is 3.01.